The molecule has 1 aliphatic carbocycles. The monoisotopic (exact) mass is 469 g/mol. The second-order valence-corrected chi connectivity index (χ2v) is 9.77. The molecular weight excluding hydrogens is 446 g/mol. The quantitative estimate of drug-likeness (QED) is 0.354. The zero-order valence-electron chi connectivity index (χ0n) is 18.4. The Morgan fingerprint density at radius 3 is 2.68 bits per heavy atom. The summed E-state index contributed by atoms with van der Waals surface area (Å²) in [6.45, 7) is 0. The first-order chi connectivity index (χ1) is 16.6. The Bertz CT molecular complexity index is 1520. The molecule has 0 atom stereocenters. The van der Waals surface area contributed by atoms with Crippen LogP contribution in [0.4, 0.5) is 5.82 Å². The van der Waals surface area contributed by atoms with Crippen molar-refractivity contribution in [3.8, 4) is 21.8 Å². The molecule has 3 N–H and O–H groups in total. The molecule has 34 heavy (non-hydrogen) atoms. The van der Waals surface area contributed by atoms with Crippen molar-refractivity contribution < 1.29 is 9.90 Å². The van der Waals surface area contributed by atoms with Gasteiger partial charge in [-0.2, -0.15) is 0 Å². The SMILES string of the molecule is Nc1nccn2c(C3CCC(C(=O)O)CC3)nc(-c3ccc4ccc(-c5cccs5)nc4c3)c12. The van der Waals surface area contributed by atoms with E-state index in [4.69, 9.17) is 15.7 Å². The first-order valence-electron chi connectivity index (χ1n) is 11.4. The largest absolute Gasteiger partial charge is 0.481 e. The molecule has 170 valence electrons. The Kier molecular flexibility index (Phi) is 5.03. The average Bonchev–Trinajstić information content (AvgIpc) is 3.53. The van der Waals surface area contributed by atoms with Gasteiger partial charge >= 0.3 is 5.97 Å². The van der Waals surface area contributed by atoms with Gasteiger partial charge in [0.2, 0.25) is 0 Å². The van der Waals surface area contributed by atoms with Gasteiger partial charge in [-0.1, -0.05) is 24.3 Å². The van der Waals surface area contributed by atoms with Crippen LogP contribution >= 0.6 is 11.3 Å². The van der Waals surface area contributed by atoms with E-state index >= 15 is 0 Å². The van der Waals surface area contributed by atoms with Crippen LogP contribution in [0.3, 0.4) is 0 Å². The summed E-state index contributed by atoms with van der Waals surface area (Å²) in [4.78, 5) is 26.8. The van der Waals surface area contributed by atoms with Crippen molar-refractivity contribution in [2.75, 3.05) is 5.73 Å². The lowest BCUT2D eigenvalue weighted by atomic mass is 9.81. The van der Waals surface area contributed by atoms with Gasteiger partial charge in [0.05, 0.1) is 22.0 Å². The Labute approximate surface area is 199 Å². The van der Waals surface area contributed by atoms with E-state index in [2.05, 4.69) is 40.7 Å². The third-order valence-electron chi connectivity index (χ3n) is 6.79. The van der Waals surface area contributed by atoms with E-state index in [0.29, 0.717) is 18.7 Å². The van der Waals surface area contributed by atoms with E-state index in [1.165, 1.54) is 0 Å². The highest BCUT2D eigenvalue weighted by atomic mass is 32.1. The van der Waals surface area contributed by atoms with E-state index < -0.39 is 5.97 Å². The van der Waals surface area contributed by atoms with Crippen molar-refractivity contribution in [3.63, 3.8) is 0 Å². The van der Waals surface area contributed by atoms with Crippen LogP contribution in [0.25, 0.3) is 38.2 Å². The first-order valence-corrected chi connectivity index (χ1v) is 12.3. The molecule has 0 spiro atoms. The fraction of sp³-hybridized carbons (Fsp3) is 0.231. The van der Waals surface area contributed by atoms with Gasteiger partial charge in [-0.15, -0.1) is 11.3 Å². The Balaban J connectivity index is 1.45. The number of pyridine rings is 1. The molecule has 7 nitrogen and oxygen atoms in total. The molecule has 1 aliphatic rings. The van der Waals surface area contributed by atoms with Crippen LogP contribution in [0.5, 0.6) is 0 Å². The van der Waals surface area contributed by atoms with Gasteiger partial charge in [-0.05, 0) is 49.3 Å². The molecule has 1 aromatic carbocycles. The zero-order valence-corrected chi connectivity index (χ0v) is 19.2. The fourth-order valence-electron chi connectivity index (χ4n) is 5.00. The Hall–Kier alpha value is -3.78. The maximum Gasteiger partial charge on any atom is 0.306 e. The lowest BCUT2D eigenvalue weighted by Gasteiger charge is -2.25. The van der Waals surface area contributed by atoms with E-state index in [1.807, 2.05) is 22.7 Å². The molecule has 0 radical (unpaired) electrons. The highest BCUT2D eigenvalue weighted by molar-refractivity contribution is 7.13. The molecule has 8 heteroatoms. The number of hydrogen-bond donors (Lipinski definition) is 2. The number of benzene rings is 1. The highest BCUT2D eigenvalue weighted by Crippen LogP contribution is 2.39. The Morgan fingerprint density at radius 1 is 1.09 bits per heavy atom. The first kappa shape index (κ1) is 20.8. The van der Waals surface area contributed by atoms with Gasteiger partial charge in [-0.25, -0.2) is 15.0 Å². The normalized spacial score (nSPS) is 18.5. The predicted molar refractivity (Wildman–Crippen MR) is 134 cm³/mol. The number of nitrogens with two attached hydrogens (primary N) is 1. The van der Waals surface area contributed by atoms with E-state index in [1.54, 1.807) is 17.5 Å². The van der Waals surface area contributed by atoms with Crippen LogP contribution in [-0.2, 0) is 4.79 Å². The number of aliphatic carboxylic acids is 1. The molecule has 0 amide bonds. The molecule has 0 unspecified atom stereocenters. The van der Waals surface area contributed by atoms with Crippen LogP contribution in [0, 0.1) is 5.92 Å². The number of nitrogens with zero attached hydrogens (tertiary/aromatic N) is 4. The molecule has 0 aliphatic heterocycles. The molecule has 1 fully saturated rings. The number of imidazole rings is 1. The van der Waals surface area contributed by atoms with Crippen molar-refractivity contribution in [3.05, 3.63) is 66.1 Å². The maximum atomic E-state index is 11.4. The number of thiophene rings is 1. The number of rotatable bonds is 4. The molecule has 4 aromatic heterocycles. The maximum absolute atomic E-state index is 11.4. The topological polar surface area (TPSA) is 106 Å². The third-order valence-corrected chi connectivity index (χ3v) is 7.68. The van der Waals surface area contributed by atoms with Gasteiger partial charge < -0.3 is 10.8 Å². The van der Waals surface area contributed by atoms with Gasteiger partial charge in [0.25, 0.3) is 0 Å². The Morgan fingerprint density at radius 2 is 1.91 bits per heavy atom. The molecule has 0 bridgehead atoms. The number of fused-ring (bicyclic) bond motifs is 2. The molecule has 5 aromatic rings. The summed E-state index contributed by atoms with van der Waals surface area (Å²) in [7, 11) is 0. The number of carbonyl (C=O) groups is 1. The zero-order chi connectivity index (χ0) is 23.2. The highest BCUT2D eigenvalue weighted by Gasteiger charge is 2.30. The fourth-order valence-corrected chi connectivity index (χ4v) is 5.70. The van der Waals surface area contributed by atoms with E-state index in [9.17, 15) is 9.90 Å². The summed E-state index contributed by atoms with van der Waals surface area (Å²) < 4.78 is 2.03. The number of aromatic nitrogens is 4. The minimum Gasteiger partial charge on any atom is -0.481 e. The van der Waals surface area contributed by atoms with Crippen LogP contribution in [0.15, 0.2) is 60.2 Å². The molecule has 4 heterocycles. The summed E-state index contributed by atoms with van der Waals surface area (Å²) in [5, 5.41) is 12.5. The van der Waals surface area contributed by atoms with Crippen LogP contribution in [0.1, 0.15) is 37.4 Å². The van der Waals surface area contributed by atoms with Crippen molar-refractivity contribution in [2.45, 2.75) is 31.6 Å². The van der Waals surface area contributed by atoms with Gasteiger partial charge in [0.15, 0.2) is 0 Å². The van der Waals surface area contributed by atoms with Crippen molar-refractivity contribution in [2.24, 2.45) is 5.92 Å². The van der Waals surface area contributed by atoms with Gasteiger partial charge in [-0.3, -0.25) is 9.20 Å². The summed E-state index contributed by atoms with van der Waals surface area (Å²) in [5.74, 6) is 0.561. The predicted octanol–water partition coefficient (Wildman–Crippen LogP) is 5.61. The second kappa shape index (κ2) is 8.22. The minimum absolute atomic E-state index is 0.183. The minimum atomic E-state index is -0.703. The molecule has 0 saturated heterocycles. The smallest absolute Gasteiger partial charge is 0.306 e. The van der Waals surface area contributed by atoms with Gasteiger partial charge in [0, 0.05) is 29.3 Å². The van der Waals surface area contributed by atoms with Crippen LogP contribution < -0.4 is 5.73 Å². The van der Waals surface area contributed by atoms with E-state index in [-0.39, 0.29) is 11.8 Å². The van der Waals surface area contributed by atoms with E-state index in [0.717, 1.165) is 56.9 Å². The molecule has 1 saturated carbocycles. The van der Waals surface area contributed by atoms with Gasteiger partial charge in [0.1, 0.15) is 22.9 Å². The van der Waals surface area contributed by atoms with Crippen LogP contribution in [0.2, 0.25) is 0 Å². The van der Waals surface area contributed by atoms with Crippen molar-refractivity contribution in [1.29, 1.82) is 0 Å². The summed E-state index contributed by atoms with van der Waals surface area (Å²) in [6, 6.07) is 14.4. The number of carboxylic acids is 1. The summed E-state index contributed by atoms with van der Waals surface area (Å²) >= 11 is 1.67. The third kappa shape index (κ3) is 3.51. The standard InChI is InChI=1S/C26H23N5O2S/c27-24-23-22(18-8-3-15-9-10-19(29-20(15)14-18)21-2-1-13-34-21)30-25(31(23)12-11-28-24)16-4-6-17(7-5-16)26(32)33/h1-3,8-14,16-17H,4-7H2,(H2,27,28)(H,32,33). The number of carboxylic acid groups (broad SMARTS) is 1. The number of anilines is 1. The number of hydrogen-bond acceptors (Lipinski definition) is 6. The number of nitrogen functional groups attached to an aromatic ring is 1. The molecule has 6 rings (SSSR count). The summed E-state index contributed by atoms with van der Waals surface area (Å²) in [6.07, 6.45) is 6.50. The lowest BCUT2D eigenvalue weighted by Crippen LogP contribution is -2.21. The van der Waals surface area contributed by atoms with Crippen LogP contribution in [-0.4, -0.2) is 30.4 Å². The summed E-state index contributed by atoms with van der Waals surface area (Å²) in [5.41, 5.74) is 10.7. The lowest BCUT2D eigenvalue weighted by molar-refractivity contribution is -0.142. The average molecular weight is 470 g/mol. The van der Waals surface area contributed by atoms with Crippen molar-refractivity contribution in [1.82, 2.24) is 19.4 Å². The second-order valence-electron chi connectivity index (χ2n) is 8.82. The van der Waals surface area contributed by atoms with Crippen molar-refractivity contribution >= 4 is 39.5 Å². The molecular formula is C26H23N5O2S.